The Balaban J connectivity index is 2.34. The van der Waals surface area contributed by atoms with Crippen molar-refractivity contribution >= 4 is 17.7 Å². The largest absolute Gasteiger partial charge is 0.487 e. The zero-order valence-electron chi connectivity index (χ0n) is 11.1. The van der Waals surface area contributed by atoms with Crippen LogP contribution < -0.4 is 10.1 Å². The molecule has 0 saturated carbocycles. The first-order valence-corrected chi connectivity index (χ1v) is 6.21. The minimum absolute atomic E-state index is 0.0184. The van der Waals surface area contributed by atoms with Crippen LogP contribution in [0.15, 0.2) is 18.2 Å². The van der Waals surface area contributed by atoms with Crippen molar-refractivity contribution in [3.8, 4) is 5.75 Å². The molecule has 0 atom stereocenters. The van der Waals surface area contributed by atoms with Gasteiger partial charge in [0.2, 0.25) is 0 Å². The van der Waals surface area contributed by atoms with Crippen LogP contribution in [0.25, 0.3) is 0 Å². The molecule has 106 valence electrons. The molecule has 0 spiro atoms. The molecule has 4 nitrogen and oxygen atoms in total. The van der Waals surface area contributed by atoms with Crippen molar-refractivity contribution in [3.63, 3.8) is 0 Å². The highest BCUT2D eigenvalue weighted by molar-refractivity contribution is 6.32. The first-order valence-electron chi connectivity index (χ1n) is 5.83. The fourth-order valence-electron chi connectivity index (χ4n) is 1.24. The number of carbonyl (C=O) groups excluding carboxylic acids is 1. The van der Waals surface area contributed by atoms with E-state index in [1.165, 1.54) is 18.2 Å². The van der Waals surface area contributed by atoms with Gasteiger partial charge in [-0.25, -0.2) is 9.18 Å². The van der Waals surface area contributed by atoms with Crippen molar-refractivity contribution in [2.45, 2.75) is 26.4 Å². The summed E-state index contributed by atoms with van der Waals surface area (Å²) in [6, 6.07) is 4.27. The van der Waals surface area contributed by atoms with Gasteiger partial charge in [0, 0.05) is 0 Å². The Kier molecular flexibility index (Phi) is 5.42. The van der Waals surface area contributed by atoms with Crippen LogP contribution >= 0.6 is 11.6 Å². The summed E-state index contributed by atoms with van der Waals surface area (Å²) in [4.78, 5) is 11.3. The van der Waals surface area contributed by atoms with Gasteiger partial charge in [0.1, 0.15) is 12.2 Å². The molecule has 1 N–H and O–H groups in total. The number of amides is 1. The maximum Gasteiger partial charge on any atom is 0.407 e. The van der Waals surface area contributed by atoms with Gasteiger partial charge in [-0.05, 0) is 32.9 Å². The van der Waals surface area contributed by atoms with E-state index in [-0.39, 0.29) is 23.9 Å². The minimum atomic E-state index is -0.556. The summed E-state index contributed by atoms with van der Waals surface area (Å²) in [6.45, 7) is 5.59. The van der Waals surface area contributed by atoms with E-state index in [0.717, 1.165) is 0 Å². The number of rotatable bonds is 4. The zero-order chi connectivity index (χ0) is 14.5. The van der Waals surface area contributed by atoms with Gasteiger partial charge < -0.3 is 14.8 Å². The van der Waals surface area contributed by atoms with E-state index in [0.29, 0.717) is 0 Å². The summed E-state index contributed by atoms with van der Waals surface area (Å²) in [5.74, 6) is -0.556. The van der Waals surface area contributed by atoms with Gasteiger partial charge in [-0.3, -0.25) is 0 Å². The van der Waals surface area contributed by atoms with Crippen LogP contribution in [-0.4, -0.2) is 24.8 Å². The minimum Gasteiger partial charge on any atom is -0.487 e. The Morgan fingerprint density at radius 1 is 1.42 bits per heavy atom. The summed E-state index contributed by atoms with van der Waals surface area (Å²) < 4.78 is 23.5. The molecule has 0 heterocycles. The highest BCUT2D eigenvalue weighted by Crippen LogP contribution is 2.26. The van der Waals surface area contributed by atoms with Crippen molar-refractivity contribution in [1.29, 1.82) is 0 Å². The van der Waals surface area contributed by atoms with Gasteiger partial charge in [0.15, 0.2) is 11.6 Å². The van der Waals surface area contributed by atoms with Crippen LogP contribution in [0.1, 0.15) is 20.8 Å². The van der Waals surface area contributed by atoms with Crippen LogP contribution in [0.2, 0.25) is 5.02 Å². The van der Waals surface area contributed by atoms with Gasteiger partial charge in [-0.2, -0.15) is 0 Å². The van der Waals surface area contributed by atoms with E-state index in [1.54, 1.807) is 20.8 Å². The highest BCUT2D eigenvalue weighted by Gasteiger charge is 2.15. The second-order valence-electron chi connectivity index (χ2n) is 4.83. The first kappa shape index (κ1) is 15.6. The predicted molar refractivity (Wildman–Crippen MR) is 71.1 cm³/mol. The molecule has 1 aromatic rings. The van der Waals surface area contributed by atoms with Crippen molar-refractivity contribution < 1.29 is 18.7 Å². The molecular formula is C13H17ClFNO3. The molecular weight excluding hydrogens is 273 g/mol. The maximum atomic E-state index is 13.3. The van der Waals surface area contributed by atoms with Crippen LogP contribution in [0, 0.1) is 5.82 Å². The van der Waals surface area contributed by atoms with Crippen molar-refractivity contribution in [1.82, 2.24) is 5.32 Å². The Labute approximate surface area is 116 Å². The molecule has 0 radical (unpaired) electrons. The Bertz CT molecular complexity index is 426. The normalized spacial score (nSPS) is 11.0. The highest BCUT2D eigenvalue weighted by atomic mass is 35.5. The quantitative estimate of drug-likeness (QED) is 0.864. The van der Waals surface area contributed by atoms with Crippen LogP contribution in [0.3, 0.4) is 0 Å². The van der Waals surface area contributed by atoms with Crippen LogP contribution in [0.4, 0.5) is 9.18 Å². The van der Waals surface area contributed by atoms with E-state index in [1.807, 2.05) is 0 Å². The molecule has 0 fully saturated rings. The lowest BCUT2D eigenvalue weighted by Gasteiger charge is -2.19. The lowest BCUT2D eigenvalue weighted by atomic mass is 10.2. The predicted octanol–water partition coefficient (Wildman–Crippen LogP) is 3.38. The van der Waals surface area contributed by atoms with Gasteiger partial charge in [0.05, 0.1) is 11.6 Å². The summed E-state index contributed by atoms with van der Waals surface area (Å²) in [5.41, 5.74) is -0.556. The summed E-state index contributed by atoms with van der Waals surface area (Å²) in [6.07, 6.45) is -0.546. The Hall–Kier alpha value is -1.49. The number of hydrogen-bond acceptors (Lipinski definition) is 3. The number of nitrogens with one attached hydrogen (secondary N) is 1. The van der Waals surface area contributed by atoms with Gasteiger partial charge in [0.25, 0.3) is 0 Å². The first-order chi connectivity index (χ1) is 8.79. The molecule has 1 amide bonds. The van der Waals surface area contributed by atoms with Crippen molar-refractivity contribution in [2.24, 2.45) is 0 Å². The SMILES string of the molecule is CC(C)(C)OC(=O)NCCOc1c(F)cccc1Cl. The fourth-order valence-corrected chi connectivity index (χ4v) is 1.46. The van der Waals surface area contributed by atoms with Gasteiger partial charge >= 0.3 is 6.09 Å². The van der Waals surface area contributed by atoms with E-state index >= 15 is 0 Å². The molecule has 0 aromatic heterocycles. The van der Waals surface area contributed by atoms with Gasteiger partial charge in [-0.1, -0.05) is 17.7 Å². The van der Waals surface area contributed by atoms with Crippen molar-refractivity contribution in [3.05, 3.63) is 29.0 Å². The zero-order valence-corrected chi connectivity index (χ0v) is 11.9. The van der Waals surface area contributed by atoms with E-state index in [4.69, 9.17) is 21.1 Å². The van der Waals surface area contributed by atoms with E-state index in [2.05, 4.69) is 5.32 Å². The third-order valence-corrected chi connectivity index (χ3v) is 2.23. The number of halogens is 2. The molecule has 1 aromatic carbocycles. The number of para-hydroxylation sites is 1. The number of alkyl carbamates (subject to hydrolysis) is 1. The molecule has 19 heavy (non-hydrogen) atoms. The summed E-state index contributed by atoms with van der Waals surface area (Å²) in [7, 11) is 0. The number of carbonyl (C=O) groups is 1. The third-order valence-electron chi connectivity index (χ3n) is 1.94. The van der Waals surface area contributed by atoms with E-state index in [9.17, 15) is 9.18 Å². The number of hydrogen-bond donors (Lipinski definition) is 1. The molecule has 6 heteroatoms. The fraction of sp³-hybridized carbons (Fsp3) is 0.462. The molecule has 0 aliphatic carbocycles. The van der Waals surface area contributed by atoms with Crippen molar-refractivity contribution in [2.75, 3.05) is 13.2 Å². The Morgan fingerprint density at radius 2 is 2.11 bits per heavy atom. The second-order valence-corrected chi connectivity index (χ2v) is 5.24. The third kappa shape index (κ3) is 5.79. The summed E-state index contributed by atoms with van der Waals surface area (Å²) in [5, 5.41) is 2.69. The molecule has 0 saturated heterocycles. The smallest absolute Gasteiger partial charge is 0.407 e. The molecule has 0 bridgehead atoms. The van der Waals surface area contributed by atoms with Crippen LogP contribution in [-0.2, 0) is 4.74 Å². The molecule has 0 unspecified atom stereocenters. The maximum absolute atomic E-state index is 13.3. The summed E-state index contributed by atoms with van der Waals surface area (Å²) >= 11 is 5.78. The average molecular weight is 290 g/mol. The number of benzene rings is 1. The van der Waals surface area contributed by atoms with Crippen LogP contribution in [0.5, 0.6) is 5.75 Å². The van der Waals surface area contributed by atoms with E-state index < -0.39 is 17.5 Å². The van der Waals surface area contributed by atoms with Gasteiger partial charge in [-0.15, -0.1) is 0 Å². The molecule has 0 aliphatic rings. The monoisotopic (exact) mass is 289 g/mol. The average Bonchev–Trinajstić information content (AvgIpc) is 2.25. The topological polar surface area (TPSA) is 47.6 Å². The second kappa shape index (κ2) is 6.61. The number of ether oxygens (including phenoxy) is 2. The standard InChI is InChI=1S/C13H17ClFNO3/c1-13(2,3)19-12(17)16-7-8-18-11-9(14)5-4-6-10(11)15/h4-6H,7-8H2,1-3H3,(H,16,17). The molecule has 0 aliphatic heterocycles. The molecule has 1 rings (SSSR count). The lowest BCUT2D eigenvalue weighted by molar-refractivity contribution is 0.0520. The Morgan fingerprint density at radius 3 is 2.68 bits per heavy atom. The lowest BCUT2D eigenvalue weighted by Crippen LogP contribution is -2.34.